The van der Waals surface area contributed by atoms with Crippen molar-refractivity contribution in [3.05, 3.63) is 34.8 Å². The zero-order valence-electron chi connectivity index (χ0n) is 10.1. The number of allylic oxidation sites excluding steroid dienone is 3. The minimum atomic E-state index is -0.563. The van der Waals surface area contributed by atoms with Gasteiger partial charge in [0.25, 0.3) is 5.91 Å². The third-order valence-corrected chi connectivity index (χ3v) is 2.84. The Hall–Kier alpha value is -1.84. The van der Waals surface area contributed by atoms with Crippen LogP contribution in [0.2, 0.25) is 0 Å². The molecule has 4 heteroatoms. The quantitative estimate of drug-likeness (QED) is 0.710. The maximum absolute atomic E-state index is 11.4. The number of hydrogen-bond donors (Lipinski definition) is 2. The van der Waals surface area contributed by atoms with E-state index in [-0.39, 0.29) is 0 Å². The molecule has 90 valence electrons. The van der Waals surface area contributed by atoms with Crippen molar-refractivity contribution >= 4 is 11.7 Å². The predicted octanol–water partition coefficient (Wildman–Crippen LogP) is 1.52. The van der Waals surface area contributed by atoms with Crippen LogP contribution >= 0.6 is 0 Å². The largest absolute Gasteiger partial charge is 0.357 e. The summed E-state index contributed by atoms with van der Waals surface area (Å²) in [5, 5.41) is 5.85. The molecule has 17 heavy (non-hydrogen) atoms. The van der Waals surface area contributed by atoms with Crippen LogP contribution in [0.1, 0.15) is 33.1 Å². The lowest BCUT2D eigenvalue weighted by Crippen LogP contribution is -2.38. The van der Waals surface area contributed by atoms with Gasteiger partial charge in [0.15, 0.2) is 0 Å². The van der Waals surface area contributed by atoms with Crippen molar-refractivity contribution < 1.29 is 9.59 Å². The molecule has 1 aliphatic heterocycles. The van der Waals surface area contributed by atoms with Crippen LogP contribution in [-0.4, -0.2) is 11.7 Å². The Kier molecular flexibility index (Phi) is 3.13. The Bertz CT molecular complexity index is 466. The Labute approximate surface area is 100 Å². The first-order valence-electron chi connectivity index (χ1n) is 5.79. The van der Waals surface area contributed by atoms with Gasteiger partial charge in [0, 0.05) is 11.8 Å². The first-order valence-corrected chi connectivity index (χ1v) is 5.79. The lowest BCUT2D eigenvalue weighted by Gasteiger charge is -2.21. The summed E-state index contributed by atoms with van der Waals surface area (Å²) in [6.07, 6.45) is 6.71. The molecular formula is C13H16N2O2. The molecule has 2 N–H and O–H groups in total. The van der Waals surface area contributed by atoms with Crippen molar-refractivity contribution in [2.24, 2.45) is 0 Å². The average Bonchev–Trinajstić information content (AvgIpc) is 2.75. The van der Waals surface area contributed by atoms with Crippen LogP contribution in [-0.2, 0) is 9.59 Å². The van der Waals surface area contributed by atoms with E-state index in [1.54, 1.807) is 0 Å². The van der Waals surface area contributed by atoms with E-state index in [0.717, 1.165) is 30.5 Å². The van der Waals surface area contributed by atoms with Gasteiger partial charge < -0.3 is 10.6 Å². The molecule has 0 saturated carbocycles. The van der Waals surface area contributed by atoms with Gasteiger partial charge in [-0.25, -0.2) is 0 Å². The molecule has 0 saturated heterocycles. The number of carbonyl (C=O) groups is 2. The molecule has 2 aliphatic rings. The van der Waals surface area contributed by atoms with Crippen LogP contribution in [0.25, 0.3) is 0 Å². The minimum Gasteiger partial charge on any atom is -0.357 e. The Morgan fingerprint density at radius 2 is 2.12 bits per heavy atom. The van der Waals surface area contributed by atoms with Crippen LogP contribution in [0.15, 0.2) is 34.8 Å². The van der Waals surface area contributed by atoms with Crippen molar-refractivity contribution in [3.63, 3.8) is 0 Å². The average molecular weight is 232 g/mol. The molecule has 0 aromatic heterocycles. The van der Waals surface area contributed by atoms with E-state index in [2.05, 4.69) is 16.7 Å². The lowest BCUT2D eigenvalue weighted by atomic mass is 10.1. The molecular weight excluding hydrogens is 216 g/mol. The minimum absolute atomic E-state index is 0.504. The summed E-state index contributed by atoms with van der Waals surface area (Å²) in [4.78, 5) is 22.7. The first-order chi connectivity index (χ1) is 8.08. The van der Waals surface area contributed by atoms with Gasteiger partial charge in [0.05, 0.1) is 11.4 Å². The molecule has 4 nitrogen and oxygen atoms in total. The van der Waals surface area contributed by atoms with Gasteiger partial charge in [-0.1, -0.05) is 11.6 Å². The summed E-state index contributed by atoms with van der Waals surface area (Å²) in [7, 11) is 0. The number of rotatable bonds is 2. The van der Waals surface area contributed by atoms with Crippen molar-refractivity contribution in [2.75, 3.05) is 0 Å². The summed E-state index contributed by atoms with van der Waals surface area (Å²) in [6.45, 7) is 3.81. The Morgan fingerprint density at radius 1 is 1.35 bits per heavy atom. The highest BCUT2D eigenvalue weighted by molar-refractivity contribution is 6.42. The molecule has 1 aliphatic carbocycles. The SMILES string of the molecule is CC(C)=C1NC(=O)C(=O)C=C1NC1=CCCC1. The topological polar surface area (TPSA) is 58.2 Å². The third-order valence-electron chi connectivity index (χ3n) is 2.84. The fourth-order valence-corrected chi connectivity index (χ4v) is 1.96. The second-order valence-electron chi connectivity index (χ2n) is 4.50. The van der Waals surface area contributed by atoms with Crippen molar-refractivity contribution in [1.82, 2.24) is 10.6 Å². The molecule has 1 heterocycles. The van der Waals surface area contributed by atoms with E-state index in [1.807, 2.05) is 13.8 Å². The highest BCUT2D eigenvalue weighted by Crippen LogP contribution is 2.20. The maximum atomic E-state index is 11.4. The molecule has 0 aromatic carbocycles. The standard InChI is InChI=1S/C13H16N2O2/c1-8(2)12-10(7-11(16)13(17)15-12)14-9-5-3-4-6-9/h5,7,14H,3-4,6H2,1-2H3,(H,15,17). The van der Waals surface area contributed by atoms with Gasteiger partial charge in [-0.05, 0) is 33.1 Å². The zero-order chi connectivity index (χ0) is 12.4. The smallest absolute Gasteiger partial charge is 0.296 e. The van der Waals surface area contributed by atoms with Gasteiger partial charge in [0.2, 0.25) is 5.78 Å². The molecule has 0 bridgehead atoms. The predicted molar refractivity (Wildman–Crippen MR) is 64.7 cm³/mol. The van der Waals surface area contributed by atoms with Gasteiger partial charge in [-0.3, -0.25) is 9.59 Å². The number of nitrogens with one attached hydrogen (secondary N) is 2. The van der Waals surface area contributed by atoms with Crippen LogP contribution < -0.4 is 10.6 Å². The monoisotopic (exact) mass is 232 g/mol. The van der Waals surface area contributed by atoms with E-state index in [9.17, 15) is 9.59 Å². The van der Waals surface area contributed by atoms with Crippen molar-refractivity contribution in [3.8, 4) is 0 Å². The molecule has 0 spiro atoms. The number of ketones is 1. The summed E-state index contributed by atoms with van der Waals surface area (Å²) >= 11 is 0. The van der Waals surface area contributed by atoms with E-state index in [1.165, 1.54) is 6.08 Å². The highest BCUT2D eigenvalue weighted by atomic mass is 16.2. The number of amides is 1. The molecule has 0 unspecified atom stereocenters. The molecule has 0 atom stereocenters. The van der Waals surface area contributed by atoms with Crippen molar-refractivity contribution in [1.29, 1.82) is 0 Å². The second-order valence-corrected chi connectivity index (χ2v) is 4.50. The molecule has 0 aromatic rings. The fraction of sp³-hybridized carbons (Fsp3) is 0.385. The lowest BCUT2D eigenvalue weighted by molar-refractivity contribution is -0.135. The number of carbonyl (C=O) groups excluding carboxylic acids is 2. The normalized spacial score (nSPS) is 19.8. The zero-order valence-corrected chi connectivity index (χ0v) is 10.1. The highest BCUT2D eigenvalue weighted by Gasteiger charge is 2.23. The van der Waals surface area contributed by atoms with E-state index < -0.39 is 11.7 Å². The molecule has 2 rings (SSSR count). The second kappa shape index (κ2) is 4.57. The molecule has 0 fully saturated rings. The summed E-state index contributed by atoms with van der Waals surface area (Å²) < 4.78 is 0. The number of hydrogen-bond acceptors (Lipinski definition) is 3. The summed E-state index contributed by atoms with van der Waals surface area (Å²) in [5.74, 6) is -1.07. The van der Waals surface area contributed by atoms with E-state index in [0.29, 0.717) is 11.4 Å². The van der Waals surface area contributed by atoms with Gasteiger partial charge >= 0.3 is 0 Å². The van der Waals surface area contributed by atoms with Crippen LogP contribution in [0.3, 0.4) is 0 Å². The fourth-order valence-electron chi connectivity index (χ4n) is 1.96. The van der Waals surface area contributed by atoms with E-state index >= 15 is 0 Å². The summed E-state index contributed by atoms with van der Waals surface area (Å²) in [5.41, 5.74) is 3.51. The Morgan fingerprint density at radius 3 is 2.71 bits per heavy atom. The summed E-state index contributed by atoms with van der Waals surface area (Å²) in [6, 6.07) is 0. The van der Waals surface area contributed by atoms with E-state index in [4.69, 9.17) is 0 Å². The van der Waals surface area contributed by atoms with Gasteiger partial charge in [-0.15, -0.1) is 0 Å². The Balaban J connectivity index is 2.28. The van der Waals surface area contributed by atoms with Gasteiger partial charge in [0.1, 0.15) is 0 Å². The van der Waals surface area contributed by atoms with Crippen LogP contribution in [0.4, 0.5) is 0 Å². The van der Waals surface area contributed by atoms with Crippen molar-refractivity contribution in [2.45, 2.75) is 33.1 Å². The third kappa shape index (κ3) is 2.46. The maximum Gasteiger partial charge on any atom is 0.296 e. The molecule has 0 radical (unpaired) electrons. The van der Waals surface area contributed by atoms with Gasteiger partial charge in [-0.2, -0.15) is 0 Å². The molecule has 1 amide bonds. The van der Waals surface area contributed by atoms with Crippen LogP contribution in [0, 0.1) is 0 Å². The van der Waals surface area contributed by atoms with Crippen LogP contribution in [0.5, 0.6) is 0 Å². The first kappa shape index (κ1) is 11.6.